The van der Waals surface area contributed by atoms with Crippen molar-refractivity contribution in [2.75, 3.05) is 5.84 Å². The number of hydrogen-bond donors (Lipinski definition) is 1. The predicted octanol–water partition coefficient (Wildman–Crippen LogP) is 2.65. The molecule has 3 rings (SSSR count). The summed E-state index contributed by atoms with van der Waals surface area (Å²) in [4.78, 5) is 4.07. The number of rotatable bonds is 4. The van der Waals surface area contributed by atoms with Gasteiger partial charge in [-0.2, -0.15) is 0 Å². The van der Waals surface area contributed by atoms with Gasteiger partial charge in [0.2, 0.25) is 5.16 Å². The van der Waals surface area contributed by atoms with Crippen LogP contribution in [0.15, 0.2) is 53.9 Å². The minimum absolute atomic E-state index is 0.620. The van der Waals surface area contributed by atoms with Crippen LogP contribution in [0.3, 0.4) is 0 Å². The molecule has 3 aromatic rings. The van der Waals surface area contributed by atoms with Gasteiger partial charge in [-0.05, 0) is 24.6 Å². The lowest BCUT2D eigenvalue weighted by atomic mass is 10.2. The summed E-state index contributed by atoms with van der Waals surface area (Å²) in [6.45, 7) is 2.08. The van der Waals surface area contributed by atoms with Crippen LogP contribution in [-0.2, 0) is 5.75 Å². The molecule has 0 atom stereocenters. The van der Waals surface area contributed by atoms with Gasteiger partial charge in [0, 0.05) is 23.7 Å². The minimum Gasteiger partial charge on any atom is -0.335 e. The van der Waals surface area contributed by atoms with E-state index in [1.54, 1.807) is 24.2 Å². The van der Waals surface area contributed by atoms with Crippen molar-refractivity contribution in [1.82, 2.24) is 19.9 Å². The highest BCUT2D eigenvalue weighted by Gasteiger charge is 2.12. The Labute approximate surface area is 127 Å². The Balaban J connectivity index is 1.77. The Morgan fingerprint density at radius 1 is 1.19 bits per heavy atom. The van der Waals surface area contributed by atoms with E-state index in [0.29, 0.717) is 11.0 Å². The molecule has 0 saturated carbocycles. The molecular weight excluding hydrogens is 282 g/mol. The van der Waals surface area contributed by atoms with Crippen LogP contribution < -0.4 is 5.84 Å². The van der Waals surface area contributed by atoms with E-state index in [4.69, 9.17) is 5.84 Å². The summed E-state index contributed by atoms with van der Waals surface area (Å²) in [6, 6.07) is 12.2. The molecule has 0 aliphatic rings. The first kappa shape index (κ1) is 13.6. The number of hydrogen-bond acceptors (Lipinski definition) is 5. The molecule has 0 radical (unpaired) electrons. The first-order chi connectivity index (χ1) is 10.2. The van der Waals surface area contributed by atoms with Crippen LogP contribution >= 0.6 is 11.8 Å². The lowest BCUT2D eigenvalue weighted by Gasteiger charge is -2.04. The summed E-state index contributed by atoms with van der Waals surface area (Å²) < 4.78 is 1.51. The molecule has 106 valence electrons. The van der Waals surface area contributed by atoms with Gasteiger partial charge in [0.15, 0.2) is 5.82 Å². The molecular formula is C15H15N5S. The normalized spacial score (nSPS) is 10.7. The summed E-state index contributed by atoms with van der Waals surface area (Å²) in [6.07, 6.45) is 3.44. The van der Waals surface area contributed by atoms with E-state index in [-0.39, 0.29) is 0 Å². The zero-order valence-corrected chi connectivity index (χ0v) is 12.4. The average molecular weight is 297 g/mol. The van der Waals surface area contributed by atoms with E-state index in [0.717, 1.165) is 11.3 Å². The van der Waals surface area contributed by atoms with Crippen molar-refractivity contribution in [1.29, 1.82) is 0 Å². The predicted molar refractivity (Wildman–Crippen MR) is 84.1 cm³/mol. The molecule has 2 heterocycles. The Kier molecular flexibility index (Phi) is 3.87. The number of nitrogens with zero attached hydrogens (tertiary/aromatic N) is 4. The fraction of sp³-hybridized carbons (Fsp3) is 0.133. The van der Waals surface area contributed by atoms with Crippen LogP contribution in [0, 0.1) is 6.92 Å². The Bertz CT molecular complexity index is 739. The number of thioether (sulfide) groups is 1. The molecule has 5 nitrogen and oxygen atoms in total. The van der Waals surface area contributed by atoms with E-state index in [9.17, 15) is 0 Å². The number of aryl methyl sites for hydroxylation is 1. The molecule has 21 heavy (non-hydrogen) atoms. The van der Waals surface area contributed by atoms with Crippen molar-refractivity contribution in [3.8, 4) is 11.4 Å². The van der Waals surface area contributed by atoms with Gasteiger partial charge in [-0.1, -0.05) is 41.6 Å². The highest BCUT2D eigenvalue weighted by molar-refractivity contribution is 7.98. The maximum Gasteiger partial charge on any atom is 0.210 e. The van der Waals surface area contributed by atoms with Gasteiger partial charge < -0.3 is 5.84 Å². The van der Waals surface area contributed by atoms with Crippen molar-refractivity contribution in [3.63, 3.8) is 0 Å². The molecule has 0 aliphatic carbocycles. The van der Waals surface area contributed by atoms with Crippen LogP contribution in [0.2, 0.25) is 0 Å². The van der Waals surface area contributed by atoms with Gasteiger partial charge in [0.1, 0.15) is 0 Å². The van der Waals surface area contributed by atoms with Crippen molar-refractivity contribution in [2.45, 2.75) is 17.8 Å². The van der Waals surface area contributed by atoms with Crippen molar-refractivity contribution >= 4 is 11.8 Å². The van der Waals surface area contributed by atoms with Crippen LogP contribution in [-0.4, -0.2) is 19.9 Å². The summed E-state index contributed by atoms with van der Waals surface area (Å²) in [5.41, 5.74) is 3.35. The van der Waals surface area contributed by atoms with Crippen molar-refractivity contribution in [2.24, 2.45) is 0 Å². The molecule has 0 unspecified atom stereocenters. The summed E-state index contributed by atoms with van der Waals surface area (Å²) in [7, 11) is 0. The zero-order chi connectivity index (χ0) is 14.7. The third-order valence-electron chi connectivity index (χ3n) is 3.03. The number of nitrogen functional groups attached to an aromatic ring is 1. The zero-order valence-electron chi connectivity index (χ0n) is 11.6. The van der Waals surface area contributed by atoms with Gasteiger partial charge in [0.05, 0.1) is 0 Å². The van der Waals surface area contributed by atoms with E-state index in [1.807, 2.05) is 12.1 Å². The molecule has 0 aliphatic heterocycles. The van der Waals surface area contributed by atoms with E-state index in [1.165, 1.54) is 15.8 Å². The van der Waals surface area contributed by atoms with Gasteiger partial charge in [0.25, 0.3) is 0 Å². The van der Waals surface area contributed by atoms with Crippen molar-refractivity contribution < 1.29 is 0 Å². The van der Waals surface area contributed by atoms with E-state index >= 15 is 0 Å². The maximum absolute atomic E-state index is 6.07. The van der Waals surface area contributed by atoms with Gasteiger partial charge in [-0.15, -0.1) is 10.2 Å². The average Bonchev–Trinajstić information content (AvgIpc) is 2.87. The number of benzene rings is 1. The number of pyridine rings is 1. The lowest BCUT2D eigenvalue weighted by Crippen LogP contribution is -2.11. The molecule has 2 N–H and O–H groups in total. The highest BCUT2D eigenvalue weighted by atomic mass is 32.2. The summed E-state index contributed by atoms with van der Waals surface area (Å²) >= 11 is 1.57. The largest absolute Gasteiger partial charge is 0.335 e. The Morgan fingerprint density at radius 3 is 2.86 bits per heavy atom. The number of aromatic nitrogens is 4. The van der Waals surface area contributed by atoms with Gasteiger partial charge in [-0.3, -0.25) is 4.98 Å². The van der Waals surface area contributed by atoms with Gasteiger partial charge >= 0.3 is 0 Å². The summed E-state index contributed by atoms with van der Waals surface area (Å²) in [5.74, 6) is 7.50. The first-order valence-corrected chi connectivity index (χ1v) is 7.52. The molecule has 0 bridgehead atoms. The minimum atomic E-state index is 0.620. The summed E-state index contributed by atoms with van der Waals surface area (Å²) in [5, 5.41) is 8.99. The lowest BCUT2D eigenvalue weighted by molar-refractivity contribution is 0.849. The quantitative estimate of drug-likeness (QED) is 0.592. The molecule has 2 aromatic heterocycles. The second-order valence-corrected chi connectivity index (χ2v) is 5.64. The third kappa shape index (κ3) is 3.05. The third-order valence-corrected chi connectivity index (χ3v) is 4.05. The fourth-order valence-corrected chi connectivity index (χ4v) is 2.82. The Hall–Kier alpha value is -2.34. The fourth-order valence-electron chi connectivity index (χ4n) is 2.02. The van der Waals surface area contributed by atoms with Gasteiger partial charge in [-0.25, -0.2) is 4.68 Å². The SMILES string of the molecule is Cc1cccc(CSc2nnc(-c3cccnc3)n2N)c1. The second-order valence-electron chi connectivity index (χ2n) is 4.70. The van der Waals surface area contributed by atoms with Crippen LogP contribution in [0.4, 0.5) is 0 Å². The standard InChI is InChI=1S/C15H15N5S/c1-11-4-2-5-12(8-11)10-21-15-19-18-14(20(15)16)13-6-3-7-17-9-13/h2-9H,10,16H2,1H3. The molecule has 1 aromatic carbocycles. The van der Waals surface area contributed by atoms with E-state index in [2.05, 4.69) is 46.4 Å². The maximum atomic E-state index is 6.07. The molecule has 6 heteroatoms. The molecule has 0 amide bonds. The van der Waals surface area contributed by atoms with Crippen LogP contribution in [0.25, 0.3) is 11.4 Å². The van der Waals surface area contributed by atoms with Crippen LogP contribution in [0.1, 0.15) is 11.1 Å². The molecule has 0 fully saturated rings. The van der Waals surface area contributed by atoms with E-state index < -0.39 is 0 Å². The van der Waals surface area contributed by atoms with Crippen molar-refractivity contribution in [3.05, 3.63) is 59.9 Å². The van der Waals surface area contributed by atoms with Crippen LogP contribution in [0.5, 0.6) is 0 Å². The monoisotopic (exact) mass is 297 g/mol. The smallest absolute Gasteiger partial charge is 0.210 e. The Morgan fingerprint density at radius 2 is 2.10 bits per heavy atom. The highest BCUT2D eigenvalue weighted by Crippen LogP contribution is 2.24. The topological polar surface area (TPSA) is 69.6 Å². The molecule has 0 spiro atoms. The second kappa shape index (κ2) is 5.97. The first-order valence-electron chi connectivity index (χ1n) is 6.53. The molecule has 0 saturated heterocycles. The number of nitrogens with two attached hydrogens (primary N) is 1.